The summed E-state index contributed by atoms with van der Waals surface area (Å²) in [5.41, 5.74) is 3.17. The number of hydrogen-bond acceptors (Lipinski definition) is 5. The van der Waals surface area contributed by atoms with Gasteiger partial charge in [-0.05, 0) is 73.7 Å². The number of anilines is 2. The molecule has 1 aliphatic heterocycles. The number of hydrogen-bond donors (Lipinski definition) is 1. The van der Waals surface area contributed by atoms with Crippen LogP contribution in [0, 0.1) is 0 Å². The van der Waals surface area contributed by atoms with Crippen molar-refractivity contribution in [3.63, 3.8) is 0 Å². The Balaban J connectivity index is 1.68. The second-order valence-electron chi connectivity index (χ2n) is 7.51. The van der Waals surface area contributed by atoms with E-state index in [1.165, 1.54) is 21.8 Å². The number of benzene rings is 2. The molecule has 31 heavy (non-hydrogen) atoms. The molecule has 158 valence electrons. The van der Waals surface area contributed by atoms with Gasteiger partial charge < -0.3 is 10.1 Å². The Morgan fingerprint density at radius 1 is 0.968 bits per heavy atom. The summed E-state index contributed by atoms with van der Waals surface area (Å²) in [6, 6.07) is 18.6. The zero-order valence-electron chi connectivity index (χ0n) is 17.7. The van der Waals surface area contributed by atoms with Gasteiger partial charge in [0, 0.05) is 10.6 Å². The topological polar surface area (TPSA) is 58.6 Å². The Kier molecular flexibility index (Phi) is 5.91. The van der Waals surface area contributed by atoms with E-state index in [1.807, 2.05) is 55.6 Å². The number of amides is 2. The molecule has 1 N–H and O–H groups in total. The summed E-state index contributed by atoms with van der Waals surface area (Å²) in [5, 5.41) is 5.09. The SMILES string of the molecule is CCc1ccc(NC2=C(c3cccs3)C(=O)N(c3ccc(OC(C)C)cc3)C2=O)cc1. The lowest BCUT2D eigenvalue weighted by atomic mass is 10.1. The molecular formula is C25H24N2O3S. The first-order chi connectivity index (χ1) is 15.0. The van der Waals surface area contributed by atoms with Crippen molar-refractivity contribution in [2.24, 2.45) is 0 Å². The molecular weight excluding hydrogens is 408 g/mol. The molecule has 4 rings (SSSR count). The lowest BCUT2D eigenvalue weighted by Crippen LogP contribution is -2.32. The van der Waals surface area contributed by atoms with Crippen molar-refractivity contribution in [3.8, 4) is 5.75 Å². The van der Waals surface area contributed by atoms with Gasteiger partial charge in [-0.1, -0.05) is 25.1 Å². The van der Waals surface area contributed by atoms with Crippen molar-refractivity contribution in [3.05, 3.63) is 82.2 Å². The summed E-state index contributed by atoms with van der Waals surface area (Å²) in [5.74, 6) is -0.0122. The van der Waals surface area contributed by atoms with Gasteiger partial charge in [0.05, 0.1) is 17.4 Å². The fourth-order valence-corrected chi connectivity index (χ4v) is 4.21. The van der Waals surface area contributed by atoms with Crippen molar-refractivity contribution in [2.75, 3.05) is 10.2 Å². The number of nitrogens with one attached hydrogen (secondary N) is 1. The van der Waals surface area contributed by atoms with Crippen LogP contribution in [0.4, 0.5) is 11.4 Å². The van der Waals surface area contributed by atoms with Crippen molar-refractivity contribution in [2.45, 2.75) is 33.3 Å². The largest absolute Gasteiger partial charge is 0.491 e. The number of ether oxygens (including phenoxy) is 1. The van der Waals surface area contributed by atoms with Gasteiger partial charge in [-0.3, -0.25) is 9.59 Å². The van der Waals surface area contributed by atoms with Gasteiger partial charge in [0.15, 0.2) is 0 Å². The highest BCUT2D eigenvalue weighted by molar-refractivity contribution is 7.11. The quantitative estimate of drug-likeness (QED) is 0.501. The van der Waals surface area contributed by atoms with Crippen molar-refractivity contribution >= 4 is 40.1 Å². The van der Waals surface area contributed by atoms with Crippen LogP contribution >= 0.6 is 11.3 Å². The molecule has 0 unspecified atom stereocenters. The molecule has 1 aromatic heterocycles. The average Bonchev–Trinajstić information content (AvgIpc) is 3.36. The van der Waals surface area contributed by atoms with Crippen molar-refractivity contribution in [1.29, 1.82) is 0 Å². The smallest absolute Gasteiger partial charge is 0.282 e. The van der Waals surface area contributed by atoms with E-state index < -0.39 is 0 Å². The van der Waals surface area contributed by atoms with Crippen LogP contribution in [-0.2, 0) is 16.0 Å². The molecule has 2 heterocycles. The van der Waals surface area contributed by atoms with E-state index in [0.717, 1.165) is 17.0 Å². The summed E-state index contributed by atoms with van der Waals surface area (Å²) in [6.45, 7) is 5.99. The number of rotatable bonds is 7. The number of imide groups is 1. The van der Waals surface area contributed by atoms with E-state index in [4.69, 9.17) is 4.74 Å². The monoisotopic (exact) mass is 432 g/mol. The molecule has 1 aliphatic rings. The third-order valence-corrected chi connectivity index (χ3v) is 5.84. The van der Waals surface area contributed by atoms with Gasteiger partial charge >= 0.3 is 0 Å². The van der Waals surface area contributed by atoms with Gasteiger partial charge in [0.2, 0.25) is 0 Å². The van der Waals surface area contributed by atoms with Crippen LogP contribution in [0.3, 0.4) is 0 Å². The number of nitrogens with zero attached hydrogens (tertiary/aromatic N) is 1. The molecule has 0 bridgehead atoms. The summed E-state index contributed by atoms with van der Waals surface area (Å²) < 4.78 is 5.68. The Bertz CT molecular complexity index is 1110. The standard InChI is InChI=1S/C25H24N2O3S/c1-4-17-7-9-18(10-8-17)26-23-22(21-6-5-15-31-21)24(28)27(25(23)29)19-11-13-20(14-12-19)30-16(2)3/h5-16,26H,4H2,1-3H3. The number of thiophene rings is 1. The minimum Gasteiger partial charge on any atom is -0.491 e. The Labute approximate surface area is 186 Å². The number of carbonyl (C=O) groups excluding carboxylic acids is 2. The minimum absolute atomic E-state index is 0.0443. The predicted octanol–water partition coefficient (Wildman–Crippen LogP) is 5.49. The van der Waals surface area contributed by atoms with Gasteiger partial charge in [-0.2, -0.15) is 0 Å². The maximum Gasteiger partial charge on any atom is 0.282 e. The number of carbonyl (C=O) groups is 2. The first-order valence-corrected chi connectivity index (χ1v) is 11.2. The van der Waals surface area contributed by atoms with E-state index in [2.05, 4.69) is 12.2 Å². The third-order valence-electron chi connectivity index (χ3n) is 4.95. The number of aryl methyl sites for hydroxylation is 1. The zero-order valence-corrected chi connectivity index (χ0v) is 18.5. The highest BCUT2D eigenvalue weighted by Gasteiger charge is 2.40. The molecule has 0 atom stereocenters. The molecule has 0 spiro atoms. The molecule has 6 heteroatoms. The molecule has 3 aromatic rings. The van der Waals surface area contributed by atoms with Crippen molar-refractivity contribution in [1.82, 2.24) is 0 Å². The normalized spacial score (nSPS) is 14.0. The van der Waals surface area contributed by atoms with Gasteiger partial charge in [-0.25, -0.2) is 4.90 Å². The summed E-state index contributed by atoms with van der Waals surface area (Å²) in [6.07, 6.45) is 0.980. The molecule has 2 amide bonds. The van der Waals surface area contributed by atoms with E-state index in [9.17, 15) is 9.59 Å². The predicted molar refractivity (Wildman–Crippen MR) is 125 cm³/mol. The Hall–Kier alpha value is -3.38. The second-order valence-corrected chi connectivity index (χ2v) is 8.46. The fraction of sp³-hybridized carbons (Fsp3) is 0.200. The summed E-state index contributed by atoms with van der Waals surface area (Å²) in [4.78, 5) is 28.7. The maximum absolute atomic E-state index is 13.4. The highest BCUT2D eigenvalue weighted by atomic mass is 32.1. The van der Waals surface area contributed by atoms with Crippen LogP contribution in [0.1, 0.15) is 31.2 Å². The Morgan fingerprint density at radius 2 is 1.68 bits per heavy atom. The third kappa shape index (κ3) is 4.25. The van der Waals surface area contributed by atoms with Crippen molar-refractivity contribution < 1.29 is 14.3 Å². The van der Waals surface area contributed by atoms with Crippen LogP contribution < -0.4 is 15.0 Å². The van der Waals surface area contributed by atoms with E-state index in [0.29, 0.717) is 22.7 Å². The highest BCUT2D eigenvalue weighted by Crippen LogP contribution is 2.36. The molecule has 0 radical (unpaired) electrons. The van der Waals surface area contributed by atoms with Crippen LogP contribution in [0.15, 0.2) is 71.7 Å². The minimum atomic E-state index is -0.370. The lowest BCUT2D eigenvalue weighted by molar-refractivity contribution is -0.120. The first kappa shape index (κ1) is 20.9. The van der Waals surface area contributed by atoms with E-state index in [-0.39, 0.29) is 17.9 Å². The van der Waals surface area contributed by atoms with Crippen LogP contribution in [0.25, 0.3) is 5.57 Å². The van der Waals surface area contributed by atoms with Crippen LogP contribution in [0.5, 0.6) is 5.75 Å². The fourth-order valence-electron chi connectivity index (χ4n) is 3.44. The molecule has 5 nitrogen and oxygen atoms in total. The summed E-state index contributed by atoms with van der Waals surface area (Å²) >= 11 is 1.44. The van der Waals surface area contributed by atoms with E-state index in [1.54, 1.807) is 24.3 Å². The molecule has 0 fully saturated rings. The van der Waals surface area contributed by atoms with Gasteiger partial charge in [0.25, 0.3) is 11.8 Å². The summed E-state index contributed by atoms with van der Waals surface area (Å²) in [7, 11) is 0. The lowest BCUT2D eigenvalue weighted by Gasteiger charge is -2.16. The zero-order chi connectivity index (χ0) is 22.0. The molecule has 0 aliphatic carbocycles. The first-order valence-electron chi connectivity index (χ1n) is 10.3. The average molecular weight is 433 g/mol. The van der Waals surface area contributed by atoms with Gasteiger partial charge in [-0.15, -0.1) is 11.3 Å². The molecule has 0 saturated carbocycles. The van der Waals surface area contributed by atoms with Crippen LogP contribution in [-0.4, -0.2) is 17.9 Å². The molecule has 2 aromatic carbocycles. The van der Waals surface area contributed by atoms with Crippen LogP contribution in [0.2, 0.25) is 0 Å². The maximum atomic E-state index is 13.4. The van der Waals surface area contributed by atoms with E-state index >= 15 is 0 Å². The second kappa shape index (κ2) is 8.78. The van der Waals surface area contributed by atoms with Gasteiger partial charge in [0.1, 0.15) is 11.4 Å². The Morgan fingerprint density at radius 3 is 2.26 bits per heavy atom. The molecule has 0 saturated heterocycles.